The summed E-state index contributed by atoms with van der Waals surface area (Å²) in [7, 11) is 1.58. The van der Waals surface area contributed by atoms with Gasteiger partial charge in [-0.1, -0.05) is 12.1 Å². The Morgan fingerprint density at radius 2 is 1.70 bits per heavy atom. The number of methoxy groups -OCH3 is 1. The minimum Gasteiger partial charge on any atom is -0.497 e. The highest BCUT2D eigenvalue weighted by atomic mass is 16.5. The first-order chi connectivity index (χ1) is 11.1. The van der Waals surface area contributed by atoms with E-state index in [0.717, 1.165) is 16.7 Å². The fourth-order valence-electron chi connectivity index (χ4n) is 2.18. The highest BCUT2D eigenvalue weighted by Crippen LogP contribution is 2.20. The monoisotopic (exact) mass is 310 g/mol. The first-order valence-corrected chi connectivity index (χ1v) is 7.01. The van der Waals surface area contributed by atoms with Crippen molar-refractivity contribution in [3.63, 3.8) is 0 Å². The molecule has 5 nitrogen and oxygen atoms in total. The Morgan fingerprint density at radius 1 is 1.00 bits per heavy atom. The average Bonchev–Trinajstić information content (AvgIpc) is 2.55. The van der Waals surface area contributed by atoms with Crippen LogP contribution in [0.1, 0.15) is 5.56 Å². The second kappa shape index (κ2) is 6.36. The van der Waals surface area contributed by atoms with Gasteiger partial charge in [0.2, 0.25) is 0 Å². The van der Waals surface area contributed by atoms with Crippen LogP contribution in [-0.2, 0) is 11.2 Å². The lowest BCUT2D eigenvalue weighted by molar-refractivity contribution is -0.133. The minimum atomic E-state index is -0.445. The van der Waals surface area contributed by atoms with E-state index < -0.39 is 11.6 Å². The third-order valence-electron chi connectivity index (χ3n) is 3.33. The number of rotatable bonds is 4. The molecular formula is C18H14O5. The van der Waals surface area contributed by atoms with Crippen molar-refractivity contribution in [1.29, 1.82) is 0 Å². The maximum absolute atomic E-state index is 12.0. The molecule has 3 aromatic rings. The van der Waals surface area contributed by atoms with E-state index in [4.69, 9.17) is 13.9 Å². The topological polar surface area (TPSA) is 65.7 Å². The second-order valence-corrected chi connectivity index (χ2v) is 4.95. The van der Waals surface area contributed by atoms with E-state index in [1.165, 1.54) is 12.1 Å². The molecule has 0 bridgehead atoms. The minimum absolute atomic E-state index is 0.140. The first-order valence-electron chi connectivity index (χ1n) is 7.01. The van der Waals surface area contributed by atoms with Gasteiger partial charge in [-0.2, -0.15) is 0 Å². The van der Waals surface area contributed by atoms with Gasteiger partial charge in [0.05, 0.1) is 13.5 Å². The third-order valence-corrected chi connectivity index (χ3v) is 3.33. The van der Waals surface area contributed by atoms with Crippen molar-refractivity contribution in [2.75, 3.05) is 7.11 Å². The molecule has 0 amide bonds. The van der Waals surface area contributed by atoms with Crippen LogP contribution in [0.25, 0.3) is 11.0 Å². The van der Waals surface area contributed by atoms with E-state index in [1.807, 2.05) is 0 Å². The van der Waals surface area contributed by atoms with Gasteiger partial charge in [-0.25, -0.2) is 4.79 Å². The predicted molar refractivity (Wildman–Crippen MR) is 84.8 cm³/mol. The summed E-state index contributed by atoms with van der Waals surface area (Å²) in [5, 5.41) is 0.763. The Bertz CT molecular complexity index is 893. The number of esters is 1. The van der Waals surface area contributed by atoms with Crippen molar-refractivity contribution in [3.05, 3.63) is 70.6 Å². The summed E-state index contributed by atoms with van der Waals surface area (Å²) in [5.41, 5.74) is 0.759. The fourth-order valence-corrected chi connectivity index (χ4v) is 2.18. The van der Waals surface area contributed by atoms with Gasteiger partial charge < -0.3 is 13.9 Å². The van der Waals surface area contributed by atoms with Crippen LogP contribution in [0.5, 0.6) is 11.5 Å². The Kier molecular flexibility index (Phi) is 4.10. The van der Waals surface area contributed by atoms with Gasteiger partial charge in [0, 0.05) is 17.5 Å². The predicted octanol–water partition coefficient (Wildman–Crippen LogP) is 2.95. The van der Waals surface area contributed by atoms with Gasteiger partial charge in [0.1, 0.15) is 17.1 Å². The molecule has 0 unspecified atom stereocenters. The molecule has 0 N–H and O–H groups in total. The lowest BCUT2D eigenvalue weighted by Crippen LogP contribution is -2.11. The zero-order valence-electron chi connectivity index (χ0n) is 12.4. The molecule has 0 saturated heterocycles. The molecule has 0 radical (unpaired) electrons. The molecular weight excluding hydrogens is 296 g/mol. The van der Waals surface area contributed by atoms with Crippen LogP contribution >= 0.6 is 0 Å². The Labute approximate surface area is 132 Å². The molecule has 0 aliphatic rings. The molecule has 0 spiro atoms. The standard InChI is InChI=1S/C18H14O5/c1-21-14-6-2-12(3-7-14)10-18(20)22-15-8-4-13-5-9-17(19)23-16(13)11-15/h2-9,11H,10H2,1H3. The normalized spacial score (nSPS) is 10.5. The summed E-state index contributed by atoms with van der Waals surface area (Å²) < 4.78 is 15.4. The van der Waals surface area contributed by atoms with Crippen molar-refractivity contribution in [2.45, 2.75) is 6.42 Å². The number of hydrogen-bond acceptors (Lipinski definition) is 5. The number of carbonyl (C=O) groups is 1. The van der Waals surface area contributed by atoms with Crippen LogP contribution in [0, 0.1) is 0 Å². The number of benzene rings is 2. The molecule has 0 saturated carbocycles. The summed E-state index contributed by atoms with van der Waals surface area (Å²) in [6.45, 7) is 0. The summed E-state index contributed by atoms with van der Waals surface area (Å²) in [4.78, 5) is 23.2. The quantitative estimate of drug-likeness (QED) is 0.421. The number of ether oxygens (including phenoxy) is 2. The molecule has 5 heteroatoms. The molecule has 3 rings (SSSR count). The van der Waals surface area contributed by atoms with E-state index in [2.05, 4.69) is 0 Å². The van der Waals surface area contributed by atoms with Crippen molar-refractivity contribution in [2.24, 2.45) is 0 Å². The van der Waals surface area contributed by atoms with Gasteiger partial charge in [0.15, 0.2) is 0 Å². The first kappa shape index (κ1) is 14.8. The van der Waals surface area contributed by atoms with E-state index in [-0.39, 0.29) is 6.42 Å². The lowest BCUT2D eigenvalue weighted by Gasteiger charge is -2.06. The van der Waals surface area contributed by atoms with Gasteiger partial charge in [0.25, 0.3) is 0 Å². The molecule has 0 fully saturated rings. The SMILES string of the molecule is COc1ccc(CC(=O)Oc2ccc3ccc(=O)oc3c2)cc1. The summed E-state index contributed by atoms with van der Waals surface area (Å²) in [6.07, 6.45) is 0.140. The maximum atomic E-state index is 12.0. The zero-order chi connectivity index (χ0) is 16.2. The van der Waals surface area contributed by atoms with Crippen LogP contribution < -0.4 is 15.1 Å². The van der Waals surface area contributed by atoms with E-state index in [0.29, 0.717) is 11.3 Å². The van der Waals surface area contributed by atoms with Gasteiger partial charge >= 0.3 is 11.6 Å². The third kappa shape index (κ3) is 3.58. The smallest absolute Gasteiger partial charge is 0.336 e. The largest absolute Gasteiger partial charge is 0.497 e. The fraction of sp³-hybridized carbons (Fsp3) is 0.111. The van der Waals surface area contributed by atoms with Crippen molar-refractivity contribution < 1.29 is 18.7 Å². The van der Waals surface area contributed by atoms with Crippen LogP contribution in [0.2, 0.25) is 0 Å². The van der Waals surface area contributed by atoms with Crippen molar-refractivity contribution >= 4 is 16.9 Å². The maximum Gasteiger partial charge on any atom is 0.336 e. The lowest BCUT2D eigenvalue weighted by atomic mass is 10.1. The van der Waals surface area contributed by atoms with E-state index in [9.17, 15) is 9.59 Å². The van der Waals surface area contributed by atoms with Crippen molar-refractivity contribution in [3.8, 4) is 11.5 Å². The number of hydrogen-bond donors (Lipinski definition) is 0. The van der Waals surface area contributed by atoms with Crippen molar-refractivity contribution in [1.82, 2.24) is 0 Å². The number of carbonyl (C=O) groups excluding carboxylic acids is 1. The summed E-state index contributed by atoms with van der Waals surface area (Å²) in [5.74, 6) is 0.671. The Morgan fingerprint density at radius 3 is 2.43 bits per heavy atom. The second-order valence-electron chi connectivity index (χ2n) is 4.95. The van der Waals surface area contributed by atoms with Crippen LogP contribution in [0.4, 0.5) is 0 Å². The summed E-state index contributed by atoms with van der Waals surface area (Å²) in [6, 6.07) is 15.1. The molecule has 116 valence electrons. The molecule has 23 heavy (non-hydrogen) atoms. The van der Waals surface area contributed by atoms with Gasteiger partial charge in [-0.3, -0.25) is 4.79 Å². The molecule has 0 aliphatic carbocycles. The highest BCUT2D eigenvalue weighted by molar-refractivity contribution is 5.80. The molecule has 0 aliphatic heterocycles. The van der Waals surface area contributed by atoms with Crippen LogP contribution in [-0.4, -0.2) is 13.1 Å². The average molecular weight is 310 g/mol. The number of fused-ring (bicyclic) bond motifs is 1. The molecule has 1 aromatic heterocycles. The molecule has 1 heterocycles. The van der Waals surface area contributed by atoms with Gasteiger partial charge in [-0.15, -0.1) is 0 Å². The Balaban J connectivity index is 1.72. The van der Waals surface area contributed by atoms with Gasteiger partial charge in [-0.05, 0) is 35.9 Å². The Hall–Kier alpha value is -3.08. The van der Waals surface area contributed by atoms with Crippen LogP contribution in [0.15, 0.2) is 63.8 Å². The van der Waals surface area contributed by atoms with E-state index >= 15 is 0 Å². The van der Waals surface area contributed by atoms with E-state index in [1.54, 1.807) is 49.6 Å². The highest BCUT2D eigenvalue weighted by Gasteiger charge is 2.08. The van der Waals surface area contributed by atoms with Crippen LogP contribution in [0.3, 0.4) is 0 Å². The zero-order valence-corrected chi connectivity index (χ0v) is 12.4. The summed E-state index contributed by atoms with van der Waals surface area (Å²) >= 11 is 0. The molecule has 0 atom stereocenters. The molecule has 2 aromatic carbocycles.